The lowest BCUT2D eigenvalue weighted by molar-refractivity contribution is 0.101. The molecule has 0 aromatic heterocycles. The van der Waals surface area contributed by atoms with Gasteiger partial charge in [0.1, 0.15) is 0 Å². The third-order valence-electron chi connectivity index (χ3n) is 2.69. The van der Waals surface area contributed by atoms with Gasteiger partial charge in [-0.25, -0.2) is 0 Å². The van der Waals surface area contributed by atoms with Crippen LogP contribution in [0.2, 0.25) is 0 Å². The van der Waals surface area contributed by atoms with Crippen LogP contribution in [-0.4, -0.2) is 50.8 Å². The topological polar surface area (TPSA) is 24.5 Å². The van der Waals surface area contributed by atoms with E-state index in [1.165, 1.54) is 19.4 Å². The predicted octanol–water partition coefficient (Wildman–Crippen LogP) is 0.707. The smallest absolute Gasteiger partial charge is 0.0593 e. The maximum atomic E-state index is 5.33. The van der Waals surface area contributed by atoms with E-state index in [2.05, 4.69) is 17.3 Å². The normalized spacial score (nSPS) is 23.8. The molecule has 1 atom stereocenters. The highest BCUT2D eigenvalue weighted by Crippen LogP contribution is 2.07. The highest BCUT2D eigenvalue weighted by Gasteiger charge is 2.16. The van der Waals surface area contributed by atoms with Gasteiger partial charge in [0, 0.05) is 25.7 Å². The number of rotatable bonds is 5. The summed E-state index contributed by atoms with van der Waals surface area (Å²) < 4.78 is 5.33. The molecule has 13 heavy (non-hydrogen) atoms. The fraction of sp³-hybridized carbons (Fsp3) is 1.00. The quantitative estimate of drug-likeness (QED) is 0.640. The van der Waals surface area contributed by atoms with Gasteiger partial charge in [-0.1, -0.05) is 0 Å². The Morgan fingerprint density at radius 1 is 1.54 bits per heavy atom. The second-order valence-corrected chi connectivity index (χ2v) is 3.68. The van der Waals surface area contributed by atoms with E-state index in [1.54, 1.807) is 0 Å². The van der Waals surface area contributed by atoms with E-state index in [9.17, 15) is 0 Å². The monoisotopic (exact) mass is 186 g/mol. The molecule has 1 rings (SSSR count). The van der Waals surface area contributed by atoms with Crippen molar-refractivity contribution < 1.29 is 4.74 Å². The van der Waals surface area contributed by atoms with Crippen molar-refractivity contribution in [3.05, 3.63) is 0 Å². The molecular weight excluding hydrogens is 164 g/mol. The van der Waals surface area contributed by atoms with Crippen LogP contribution in [-0.2, 0) is 4.74 Å². The first-order valence-electron chi connectivity index (χ1n) is 5.33. The summed E-state index contributed by atoms with van der Waals surface area (Å²) in [6, 6.07) is 0.717. The Bertz CT molecular complexity index is 124. The lowest BCUT2D eigenvalue weighted by atomic mass is 10.1. The van der Waals surface area contributed by atoms with Gasteiger partial charge in [0.15, 0.2) is 0 Å². The molecule has 0 bridgehead atoms. The van der Waals surface area contributed by atoms with Crippen LogP contribution in [0.3, 0.4) is 0 Å². The van der Waals surface area contributed by atoms with Crippen molar-refractivity contribution in [1.82, 2.24) is 10.2 Å². The number of likely N-dealkylation sites (N-methyl/N-ethyl adjacent to an activating group) is 1. The maximum absolute atomic E-state index is 5.33. The molecule has 1 unspecified atom stereocenters. The minimum absolute atomic E-state index is 0.717. The summed E-state index contributed by atoms with van der Waals surface area (Å²) in [6.45, 7) is 7.13. The molecule has 1 aliphatic heterocycles. The summed E-state index contributed by atoms with van der Waals surface area (Å²) in [7, 11) is 2.19. The number of nitrogens with zero attached hydrogens (tertiary/aromatic N) is 1. The van der Waals surface area contributed by atoms with Crippen molar-refractivity contribution >= 4 is 0 Å². The Morgan fingerprint density at radius 2 is 2.38 bits per heavy atom. The van der Waals surface area contributed by atoms with Crippen LogP contribution in [0.4, 0.5) is 0 Å². The zero-order valence-electron chi connectivity index (χ0n) is 8.88. The van der Waals surface area contributed by atoms with Crippen LogP contribution in [0.5, 0.6) is 0 Å². The molecule has 1 saturated heterocycles. The summed E-state index contributed by atoms with van der Waals surface area (Å²) in [5.74, 6) is 0. The first kappa shape index (κ1) is 11.0. The largest absolute Gasteiger partial charge is 0.380 e. The molecule has 0 amide bonds. The molecule has 0 saturated carbocycles. The molecule has 1 N–H and O–H groups in total. The zero-order chi connectivity index (χ0) is 9.52. The van der Waals surface area contributed by atoms with Gasteiger partial charge in [-0.2, -0.15) is 0 Å². The molecule has 0 spiro atoms. The van der Waals surface area contributed by atoms with Gasteiger partial charge in [-0.3, -0.25) is 4.90 Å². The molecule has 3 nitrogen and oxygen atoms in total. The summed E-state index contributed by atoms with van der Waals surface area (Å²) in [4.78, 5) is 2.40. The molecule has 1 fully saturated rings. The Kier molecular flexibility index (Phi) is 5.35. The summed E-state index contributed by atoms with van der Waals surface area (Å²) in [5, 5.41) is 3.42. The lowest BCUT2D eigenvalue weighted by Crippen LogP contribution is -2.45. The van der Waals surface area contributed by atoms with E-state index in [1.807, 2.05) is 6.92 Å². The molecule has 1 aliphatic rings. The van der Waals surface area contributed by atoms with Crippen molar-refractivity contribution in [2.24, 2.45) is 0 Å². The van der Waals surface area contributed by atoms with Crippen molar-refractivity contribution in [1.29, 1.82) is 0 Å². The number of ether oxygens (including phenoxy) is 1. The molecule has 0 aromatic rings. The van der Waals surface area contributed by atoms with Crippen LogP contribution in [0.1, 0.15) is 19.8 Å². The second kappa shape index (κ2) is 6.35. The number of hydrogen-bond donors (Lipinski definition) is 1. The highest BCUT2D eigenvalue weighted by atomic mass is 16.5. The van der Waals surface area contributed by atoms with Gasteiger partial charge < -0.3 is 10.1 Å². The first-order valence-corrected chi connectivity index (χ1v) is 5.33. The minimum atomic E-state index is 0.717. The van der Waals surface area contributed by atoms with Gasteiger partial charge in [0.25, 0.3) is 0 Å². The maximum Gasteiger partial charge on any atom is 0.0593 e. The first-order chi connectivity index (χ1) is 6.34. The Hall–Kier alpha value is -0.120. The van der Waals surface area contributed by atoms with Crippen molar-refractivity contribution in [3.8, 4) is 0 Å². The fourth-order valence-electron chi connectivity index (χ4n) is 1.75. The van der Waals surface area contributed by atoms with Gasteiger partial charge >= 0.3 is 0 Å². The zero-order valence-corrected chi connectivity index (χ0v) is 8.88. The summed E-state index contributed by atoms with van der Waals surface area (Å²) >= 11 is 0. The molecule has 0 aromatic carbocycles. The summed E-state index contributed by atoms with van der Waals surface area (Å²) in [6.07, 6.45) is 2.64. The van der Waals surface area contributed by atoms with Crippen molar-refractivity contribution in [2.75, 3.05) is 39.9 Å². The lowest BCUT2D eigenvalue weighted by Gasteiger charge is -2.31. The van der Waals surface area contributed by atoms with E-state index >= 15 is 0 Å². The molecule has 78 valence electrons. The van der Waals surface area contributed by atoms with Gasteiger partial charge in [-0.15, -0.1) is 0 Å². The Balaban J connectivity index is 2.09. The SMILES string of the molecule is CCOCCN(C)C1CCCNC1. The van der Waals surface area contributed by atoms with Crippen LogP contribution in [0.25, 0.3) is 0 Å². The van der Waals surface area contributed by atoms with Crippen molar-refractivity contribution in [2.45, 2.75) is 25.8 Å². The minimum Gasteiger partial charge on any atom is -0.380 e. The molecule has 3 heteroatoms. The van der Waals surface area contributed by atoms with Crippen LogP contribution < -0.4 is 5.32 Å². The number of piperidine rings is 1. The third kappa shape index (κ3) is 4.07. The Labute approximate surface area is 81.4 Å². The van der Waals surface area contributed by atoms with E-state index in [0.717, 1.165) is 26.3 Å². The average molecular weight is 186 g/mol. The van der Waals surface area contributed by atoms with E-state index in [4.69, 9.17) is 4.74 Å². The number of nitrogens with one attached hydrogen (secondary N) is 1. The van der Waals surface area contributed by atoms with Gasteiger partial charge in [0.2, 0.25) is 0 Å². The van der Waals surface area contributed by atoms with Gasteiger partial charge in [-0.05, 0) is 33.4 Å². The van der Waals surface area contributed by atoms with Crippen LogP contribution in [0.15, 0.2) is 0 Å². The summed E-state index contributed by atoms with van der Waals surface area (Å²) in [5.41, 5.74) is 0. The highest BCUT2D eigenvalue weighted by molar-refractivity contribution is 4.75. The van der Waals surface area contributed by atoms with Crippen LogP contribution in [0, 0.1) is 0 Å². The number of hydrogen-bond acceptors (Lipinski definition) is 3. The molecule has 0 radical (unpaired) electrons. The van der Waals surface area contributed by atoms with Crippen molar-refractivity contribution in [3.63, 3.8) is 0 Å². The fourth-order valence-corrected chi connectivity index (χ4v) is 1.75. The van der Waals surface area contributed by atoms with Crippen LogP contribution >= 0.6 is 0 Å². The molecule has 1 heterocycles. The molecule has 0 aliphatic carbocycles. The van der Waals surface area contributed by atoms with Gasteiger partial charge in [0.05, 0.1) is 6.61 Å². The Morgan fingerprint density at radius 3 is 3.00 bits per heavy atom. The second-order valence-electron chi connectivity index (χ2n) is 3.68. The van der Waals surface area contributed by atoms with E-state index < -0.39 is 0 Å². The molecular formula is C10H22N2O. The third-order valence-corrected chi connectivity index (χ3v) is 2.69. The average Bonchev–Trinajstić information content (AvgIpc) is 2.19. The van der Waals surface area contributed by atoms with E-state index in [-0.39, 0.29) is 0 Å². The predicted molar refractivity (Wildman–Crippen MR) is 55.0 cm³/mol. The van der Waals surface area contributed by atoms with E-state index in [0.29, 0.717) is 6.04 Å². The standard InChI is InChI=1S/C10H22N2O/c1-3-13-8-7-12(2)10-5-4-6-11-9-10/h10-11H,3-9H2,1-2H3.